The van der Waals surface area contributed by atoms with Gasteiger partial charge < -0.3 is 14.2 Å². The van der Waals surface area contributed by atoms with Crippen molar-refractivity contribution in [2.24, 2.45) is 0 Å². The summed E-state index contributed by atoms with van der Waals surface area (Å²) >= 11 is 3.43. The van der Waals surface area contributed by atoms with Gasteiger partial charge in [0.25, 0.3) is 0 Å². The number of benzene rings is 1. The molecule has 3 rings (SSSR count). The standard InChI is InChI=1S/C14H11BrN2O3/c1-8-13(14(18)19)11(16-20-8)7-17-5-4-9-6-10(15)2-3-12(9)17/h2-6H,7H2,1H3,(H,18,19). The molecule has 0 fully saturated rings. The molecule has 3 aromatic rings. The highest BCUT2D eigenvalue weighted by atomic mass is 79.9. The van der Waals surface area contributed by atoms with Crippen molar-refractivity contribution in [2.75, 3.05) is 0 Å². The van der Waals surface area contributed by atoms with Crippen molar-refractivity contribution >= 4 is 32.8 Å². The highest BCUT2D eigenvalue weighted by Crippen LogP contribution is 2.23. The molecule has 0 aliphatic carbocycles. The average Bonchev–Trinajstić information content (AvgIpc) is 2.94. The van der Waals surface area contributed by atoms with Gasteiger partial charge >= 0.3 is 5.97 Å². The van der Waals surface area contributed by atoms with Gasteiger partial charge in [-0.25, -0.2) is 4.79 Å². The minimum atomic E-state index is -1.02. The Bertz CT molecular complexity index is 804. The molecule has 0 bridgehead atoms. The monoisotopic (exact) mass is 334 g/mol. The molecule has 0 aliphatic heterocycles. The van der Waals surface area contributed by atoms with E-state index in [4.69, 9.17) is 4.52 Å². The average molecular weight is 335 g/mol. The quantitative estimate of drug-likeness (QED) is 0.796. The van der Waals surface area contributed by atoms with Gasteiger partial charge in [0.2, 0.25) is 0 Å². The maximum atomic E-state index is 11.2. The van der Waals surface area contributed by atoms with Crippen LogP contribution in [-0.2, 0) is 6.54 Å². The number of nitrogens with zero attached hydrogens (tertiary/aromatic N) is 2. The third kappa shape index (κ3) is 2.12. The number of aromatic carboxylic acids is 1. The first-order valence-corrected chi connectivity index (χ1v) is 6.78. The number of carboxylic acid groups (broad SMARTS) is 1. The molecule has 0 atom stereocenters. The van der Waals surface area contributed by atoms with Crippen molar-refractivity contribution in [1.29, 1.82) is 0 Å². The van der Waals surface area contributed by atoms with E-state index in [1.54, 1.807) is 6.92 Å². The van der Waals surface area contributed by atoms with Crippen molar-refractivity contribution in [1.82, 2.24) is 9.72 Å². The van der Waals surface area contributed by atoms with Crippen molar-refractivity contribution < 1.29 is 14.4 Å². The molecule has 0 spiro atoms. The van der Waals surface area contributed by atoms with Crippen molar-refractivity contribution in [3.63, 3.8) is 0 Å². The third-order valence-corrected chi connectivity index (χ3v) is 3.69. The van der Waals surface area contributed by atoms with E-state index in [-0.39, 0.29) is 5.56 Å². The van der Waals surface area contributed by atoms with E-state index in [9.17, 15) is 9.90 Å². The third-order valence-electron chi connectivity index (χ3n) is 3.20. The Labute approximate surface area is 122 Å². The summed E-state index contributed by atoms with van der Waals surface area (Å²) in [6.07, 6.45) is 1.91. The SMILES string of the molecule is Cc1onc(Cn2ccc3cc(Br)ccc32)c1C(=O)O. The van der Waals surface area contributed by atoms with Crippen LogP contribution >= 0.6 is 15.9 Å². The molecule has 1 aromatic carbocycles. The zero-order valence-electron chi connectivity index (χ0n) is 10.6. The van der Waals surface area contributed by atoms with E-state index >= 15 is 0 Å². The number of aryl methyl sites for hydroxylation is 1. The Morgan fingerprint density at radius 1 is 1.45 bits per heavy atom. The summed E-state index contributed by atoms with van der Waals surface area (Å²) in [5.74, 6) is -0.690. The Hall–Kier alpha value is -2.08. The van der Waals surface area contributed by atoms with Crippen LogP contribution < -0.4 is 0 Å². The Morgan fingerprint density at radius 3 is 3.00 bits per heavy atom. The van der Waals surface area contributed by atoms with Crippen LogP contribution in [0.4, 0.5) is 0 Å². The number of rotatable bonds is 3. The summed E-state index contributed by atoms with van der Waals surface area (Å²) in [5.41, 5.74) is 1.59. The molecule has 20 heavy (non-hydrogen) atoms. The predicted molar refractivity (Wildman–Crippen MR) is 76.9 cm³/mol. The number of aromatic nitrogens is 2. The molecular formula is C14H11BrN2O3. The van der Waals surface area contributed by atoms with Gasteiger partial charge in [-0.2, -0.15) is 0 Å². The molecule has 102 valence electrons. The fourth-order valence-electron chi connectivity index (χ4n) is 2.27. The summed E-state index contributed by atoms with van der Waals surface area (Å²) in [7, 11) is 0. The second-order valence-electron chi connectivity index (χ2n) is 4.51. The van der Waals surface area contributed by atoms with Crippen LogP contribution in [0, 0.1) is 6.92 Å². The summed E-state index contributed by atoms with van der Waals surface area (Å²) in [6.45, 7) is 1.97. The molecule has 0 saturated heterocycles. The van der Waals surface area contributed by atoms with Crippen molar-refractivity contribution in [3.8, 4) is 0 Å². The van der Waals surface area contributed by atoms with Gasteiger partial charge in [0, 0.05) is 21.6 Å². The second-order valence-corrected chi connectivity index (χ2v) is 5.43. The van der Waals surface area contributed by atoms with Gasteiger partial charge in [0.05, 0.1) is 6.54 Å². The zero-order chi connectivity index (χ0) is 14.3. The molecule has 0 amide bonds. The predicted octanol–water partition coefficient (Wildman–Crippen LogP) is 3.45. The first kappa shape index (κ1) is 12.9. The zero-order valence-corrected chi connectivity index (χ0v) is 12.2. The number of hydrogen-bond donors (Lipinski definition) is 1. The fraction of sp³-hybridized carbons (Fsp3) is 0.143. The Balaban J connectivity index is 2.04. The summed E-state index contributed by atoms with van der Waals surface area (Å²) < 4.78 is 7.94. The lowest BCUT2D eigenvalue weighted by atomic mass is 10.2. The van der Waals surface area contributed by atoms with E-state index in [0.717, 1.165) is 15.4 Å². The molecule has 0 saturated carbocycles. The number of hydrogen-bond acceptors (Lipinski definition) is 3. The van der Waals surface area contributed by atoms with Crippen LogP contribution in [0.3, 0.4) is 0 Å². The van der Waals surface area contributed by atoms with Crippen LogP contribution in [-0.4, -0.2) is 20.8 Å². The first-order chi connectivity index (χ1) is 9.56. The molecule has 0 radical (unpaired) electrons. The van der Waals surface area contributed by atoms with Gasteiger partial charge in [-0.15, -0.1) is 0 Å². The van der Waals surface area contributed by atoms with Crippen LogP contribution in [0.5, 0.6) is 0 Å². The highest BCUT2D eigenvalue weighted by Gasteiger charge is 2.20. The van der Waals surface area contributed by atoms with E-state index in [0.29, 0.717) is 18.0 Å². The molecule has 6 heteroatoms. The Morgan fingerprint density at radius 2 is 2.25 bits per heavy atom. The van der Waals surface area contributed by atoms with Crippen LogP contribution in [0.1, 0.15) is 21.8 Å². The fourth-order valence-corrected chi connectivity index (χ4v) is 2.65. The summed E-state index contributed by atoms with van der Waals surface area (Å²) in [4.78, 5) is 11.2. The van der Waals surface area contributed by atoms with Crippen molar-refractivity contribution in [3.05, 3.63) is 52.0 Å². The van der Waals surface area contributed by atoms with E-state index in [2.05, 4.69) is 21.1 Å². The smallest absolute Gasteiger partial charge is 0.341 e. The second kappa shape index (κ2) is 4.79. The Kier molecular flexibility index (Phi) is 3.10. The van der Waals surface area contributed by atoms with Crippen LogP contribution in [0.2, 0.25) is 0 Å². The lowest BCUT2D eigenvalue weighted by Gasteiger charge is -2.03. The lowest BCUT2D eigenvalue weighted by molar-refractivity contribution is 0.0694. The topological polar surface area (TPSA) is 68.3 Å². The largest absolute Gasteiger partial charge is 0.477 e. The molecule has 2 aromatic heterocycles. The van der Waals surface area contributed by atoms with Gasteiger partial charge in [0.15, 0.2) is 0 Å². The van der Waals surface area contributed by atoms with Gasteiger partial charge in [-0.3, -0.25) is 0 Å². The van der Waals surface area contributed by atoms with E-state index in [1.807, 2.05) is 35.0 Å². The van der Waals surface area contributed by atoms with Crippen LogP contribution in [0.25, 0.3) is 10.9 Å². The molecule has 1 N–H and O–H groups in total. The minimum Gasteiger partial charge on any atom is -0.477 e. The number of fused-ring (bicyclic) bond motifs is 1. The van der Waals surface area contributed by atoms with Gasteiger partial charge in [-0.1, -0.05) is 21.1 Å². The molecule has 2 heterocycles. The maximum absolute atomic E-state index is 11.2. The highest BCUT2D eigenvalue weighted by molar-refractivity contribution is 9.10. The number of carbonyl (C=O) groups is 1. The molecule has 5 nitrogen and oxygen atoms in total. The minimum absolute atomic E-state index is 0.143. The van der Waals surface area contributed by atoms with E-state index in [1.165, 1.54) is 0 Å². The molecule has 0 unspecified atom stereocenters. The number of carboxylic acids is 1. The molecule has 0 aliphatic rings. The number of halogens is 1. The van der Waals surface area contributed by atoms with E-state index < -0.39 is 5.97 Å². The first-order valence-electron chi connectivity index (χ1n) is 5.99. The normalized spacial score (nSPS) is 11.1. The summed E-state index contributed by atoms with van der Waals surface area (Å²) in [6, 6.07) is 7.92. The maximum Gasteiger partial charge on any atom is 0.341 e. The van der Waals surface area contributed by atoms with Gasteiger partial charge in [0.1, 0.15) is 17.0 Å². The van der Waals surface area contributed by atoms with Gasteiger partial charge in [-0.05, 0) is 31.2 Å². The molecular weight excluding hydrogens is 324 g/mol. The van der Waals surface area contributed by atoms with Crippen LogP contribution in [0.15, 0.2) is 39.5 Å². The van der Waals surface area contributed by atoms with Crippen molar-refractivity contribution in [2.45, 2.75) is 13.5 Å². The summed E-state index contributed by atoms with van der Waals surface area (Å²) in [5, 5.41) is 14.1. The lowest BCUT2D eigenvalue weighted by Crippen LogP contribution is -2.06.